The van der Waals surface area contributed by atoms with Crippen molar-refractivity contribution in [3.8, 4) is 6.07 Å². The second-order valence-electron chi connectivity index (χ2n) is 3.75. The van der Waals surface area contributed by atoms with Gasteiger partial charge in [0.05, 0.1) is 22.7 Å². The number of aromatic amines is 1. The highest BCUT2D eigenvalue weighted by atomic mass is 79.9. The van der Waals surface area contributed by atoms with Crippen molar-refractivity contribution >= 4 is 15.9 Å². The van der Waals surface area contributed by atoms with E-state index in [1.807, 2.05) is 6.07 Å². The fourth-order valence-corrected chi connectivity index (χ4v) is 1.93. The van der Waals surface area contributed by atoms with E-state index >= 15 is 0 Å². The molecular formula is C12H7BrFN3O2. The van der Waals surface area contributed by atoms with Gasteiger partial charge >= 0.3 is 5.69 Å². The molecule has 7 heteroatoms. The largest absolute Gasteiger partial charge is 0.328 e. The fourth-order valence-electron chi connectivity index (χ4n) is 1.60. The minimum Gasteiger partial charge on any atom is -0.313 e. The number of nitrogens with zero attached hydrogens (tertiary/aromatic N) is 2. The molecule has 2 rings (SSSR count). The van der Waals surface area contributed by atoms with Gasteiger partial charge in [-0.25, -0.2) is 9.18 Å². The van der Waals surface area contributed by atoms with Gasteiger partial charge in [0.1, 0.15) is 5.82 Å². The summed E-state index contributed by atoms with van der Waals surface area (Å²) in [4.78, 5) is 25.8. The molecule has 2 aromatic rings. The summed E-state index contributed by atoms with van der Waals surface area (Å²) >= 11 is 3.00. The number of H-pyrrole nitrogens is 1. The molecule has 1 aromatic carbocycles. The monoisotopic (exact) mass is 323 g/mol. The van der Waals surface area contributed by atoms with Gasteiger partial charge in [-0.3, -0.25) is 9.36 Å². The first-order valence-corrected chi connectivity index (χ1v) is 5.99. The van der Waals surface area contributed by atoms with Crippen molar-refractivity contribution in [2.24, 2.45) is 0 Å². The Labute approximate surface area is 115 Å². The Bertz CT molecular complexity index is 789. The maximum Gasteiger partial charge on any atom is 0.328 e. The fraction of sp³-hybridized carbons (Fsp3) is 0.0833. The third-order valence-electron chi connectivity index (χ3n) is 2.53. The zero-order valence-electron chi connectivity index (χ0n) is 9.48. The van der Waals surface area contributed by atoms with Crippen LogP contribution in [0.15, 0.2) is 38.5 Å². The molecule has 0 bridgehead atoms. The Hall–Kier alpha value is -2.20. The zero-order valence-corrected chi connectivity index (χ0v) is 11.1. The van der Waals surface area contributed by atoms with Gasteiger partial charge < -0.3 is 4.98 Å². The molecule has 96 valence electrons. The summed E-state index contributed by atoms with van der Waals surface area (Å²) in [5.74, 6) is -0.534. The summed E-state index contributed by atoms with van der Waals surface area (Å²) in [6.45, 7) is -0.172. The van der Waals surface area contributed by atoms with Gasteiger partial charge in [-0.15, -0.1) is 0 Å². The molecule has 5 nitrogen and oxygen atoms in total. The van der Waals surface area contributed by atoms with Gasteiger partial charge in [0.25, 0.3) is 5.56 Å². The third-order valence-corrected chi connectivity index (χ3v) is 3.10. The first-order chi connectivity index (χ1) is 9.02. The zero-order chi connectivity index (χ0) is 14.0. The van der Waals surface area contributed by atoms with Gasteiger partial charge in [0, 0.05) is 6.20 Å². The molecule has 1 N–H and O–H groups in total. The van der Waals surface area contributed by atoms with E-state index in [1.165, 1.54) is 12.3 Å². The number of hydrogen-bond donors (Lipinski definition) is 1. The molecule has 0 amide bonds. The van der Waals surface area contributed by atoms with Crippen LogP contribution in [0.5, 0.6) is 0 Å². The molecule has 0 aliphatic rings. The highest BCUT2D eigenvalue weighted by Gasteiger charge is 2.10. The number of nitriles is 1. The van der Waals surface area contributed by atoms with Crippen LogP contribution in [-0.4, -0.2) is 9.55 Å². The predicted molar refractivity (Wildman–Crippen MR) is 69.2 cm³/mol. The van der Waals surface area contributed by atoms with E-state index in [2.05, 4.69) is 20.9 Å². The Kier molecular flexibility index (Phi) is 3.62. The van der Waals surface area contributed by atoms with Crippen LogP contribution in [0.2, 0.25) is 0 Å². The first kappa shape index (κ1) is 13.2. The molecule has 0 fully saturated rings. The van der Waals surface area contributed by atoms with Crippen LogP contribution in [0.3, 0.4) is 0 Å². The average molecular weight is 324 g/mol. The van der Waals surface area contributed by atoms with Crippen molar-refractivity contribution in [3.63, 3.8) is 0 Å². The molecule has 0 radical (unpaired) electrons. The van der Waals surface area contributed by atoms with Gasteiger partial charge in [-0.2, -0.15) is 5.26 Å². The molecule has 0 atom stereocenters. The Morgan fingerprint density at radius 3 is 2.84 bits per heavy atom. The van der Waals surface area contributed by atoms with E-state index in [9.17, 15) is 14.0 Å². The summed E-state index contributed by atoms with van der Waals surface area (Å²) < 4.78 is 14.2. The summed E-state index contributed by atoms with van der Waals surface area (Å²) in [5, 5.41) is 8.93. The second-order valence-corrected chi connectivity index (χ2v) is 4.60. The molecule has 0 unspecified atom stereocenters. The number of nitrogens with one attached hydrogen (secondary N) is 1. The SMILES string of the molecule is N#Cc1ccc(F)cc1Cn1c(=O)[nH]cc(Br)c1=O. The standard InChI is InChI=1S/C12H7BrFN3O2/c13-10-5-16-12(19)17(11(10)18)6-8-3-9(14)2-1-7(8)4-15/h1-3,5H,6H2,(H,16,19). The minimum atomic E-state index is -0.624. The Balaban J connectivity index is 2.57. The first-order valence-electron chi connectivity index (χ1n) is 5.19. The summed E-state index contributed by atoms with van der Waals surface area (Å²) in [6, 6.07) is 5.48. The molecule has 0 aliphatic carbocycles. The topological polar surface area (TPSA) is 78.7 Å². The molecule has 0 saturated heterocycles. The number of halogens is 2. The van der Waals surface area contributed by atoms with Crippen LogP contribution in [0.4, 0.5) is 4.39 Å². The minimum absolute atomic E-state index is 0.172. The van der Waals surface area contributed by atoms with Crippen LogP contribution in [0.25, 0.3) is 0 Å². The van der Waals surface area contributed by atoms with Crippen LogP contribution < -0.4 is 11.2 Å². The van der Waals surface area contributed by atoms with Gasteiger partial charge in [-0.1, -0.05) is 0 Å². The summed E-state index contributed by atoms with van der Waals surface area (Å²) in [6.07, 6.45) is 1.23. The number of benzene rings is 1. The van der Waals surface area contributed by atoms with Crippen molar-refractivity contribution in [2.75, 3.05) is 0 Å². The average Bonchev–Trinajstić information content (AvgIpc) is 2.39. The quantitative estimate of drug-likeness (QED) is 0.906. The molecule has 0 saturated carbocycles. The van der Waals surface area contributed by atoms with Gasteiger partial charge in [0.2, 0.25) is 0 Å². The van der Waals surface area contributed by atoms with Crippen LogP contribution in [0, 0.1) is 17.1 Å². The van der Waals surface area contributed by atoms with E-state index < -0.39 is 17.1 Å². The maximum absolute atomic E-state index is 13.2. The number of rotatable bonds is 2. The lowest BCUT2D eigenvalue weighted by Gasteiger charge is -2.06. The maximum atomic E-state index is 13.2. The lowest BCUT2D eigenvalue weighted by Crippen LogP contribution is -2.35. The van der Waals surface area contributed by atoms with E-state index in [-0.39, 0.29) is 22.1 Å². The van der Waals surface area contributed by atoms with E-state index in [0.717, 1.165) is 16.7 Å². The highest BCUT2D eigenvalue weighted by Crippen LogP contribution is 2.11. The van der Waals surface area contributed by atoms with Crippen LogP contribution >= 0.6 is 15.9 Å². The molecule has 1 aromatic heterocycles. The van der Waals surface area contributed by atoms with E-state index in [4.69, 9.17) is 5.26 Å². The smallest absolute Gasteiger partial charge is 0.313 e. The number of aromatic nitrogens is 2. The van der Waals surface area contributed by atoms with E-state index in [0.29, 0.717) is 0 Å². The van der Waals surface area contributed by atoms with Crippen molar-refractivity contribution in [1.82, 2.24) is 9.55 Å². The lowest BCUT2D eigenvalue weighted by molar-refractivity contribution is 0.619. The second kappa shape index (κ2) is 5.20. The van der Waals surface area contributed by atoms with Crippen molar-refractivity contribution in [1.29, 1.82) is 5.26 Å². The molecular weight excluding hydrogens is 317 g/mol. The normalized spacial score (nSPS) is 10.2. The van der Waals surface area contributed by atoms with Crippen LogP contribution in [0.1, 0.15) is 11.1 Å². The molecule has 19 heavy (non-hydrogen) atoms. The van der Waals surface area contributed by atoms with Gasteiger partial charge in [0.15, 0.2) is 0 Å². The predicted octanol–water partition coefficient (Wildman–Crippen LogP) is 1.36. The number of hydrogen-bond acceptors (Lipinski definition) is 3. The van der Waals surface area contributed by atoms with Crippen molar-refractivity contribution in [2.45, 2.75) is 6.54 Å². The lowest BCUT2D eigenvalue weighted by atomic mass is 10.1. The van der Waals surface area contributed by atoms with Crippen molar-refractivity contribution < 1.29 is 4.39 Å². The molecule has 0 spiro atoms. The summed E-state index contributed by atoms with van der Waals surface area (Å²) in [7, 11) is 0. The van der Waals surface area contributed by atoms with Crippen molar-refractivity contribution in [3.05, 3.63) is 66.7 Å². The Morgan fingerprint density at radius 1 is 1.42 bits per heavy atom. The molecule has 0 aliphatic heterocycles. The third kappa shape index (κ3) is 2.63. The van der Waals surface area contributed by atoms with Gasteiger partial charge in [-0.05, 0) is 39.7 Å². The van der Waals surface area contributed by atoms with E-state index in [1.54, 1.807) is 0 Å². The molecule has 1 heterocycles. The van der Waals surface area contributed by atoms with Crippen LogP contribution in [-0.2, 0) is 6.54 Å². The Morgan fingerprint density at radius 2 is 2.16 bits per heavy atom. The highest BCUT2D eigenvalue weighted by molar-refractivity contribution is 9.10. The summed E-state index contributed by atoms with van der Waals surface area (Å²) in [5.41, 5.74) is -0.681.